The molecule has 4 heterocycles. The van der Waals surface area contributed by atoms with Crippen LogP contribution in [0.25, 0.3) is 110 Å². The molecule has 48 heavy (non-hydrogen) atoms. The number of fused-ring (bicyclic) bond motifs is 7. The highest BCUT2D eigenvalue weighted by molar-refractivity contribution is 6.37. The van der Waals surface area contributed by atoms with E-state index in [4.69, 9.17) is 9.97 Å². The average molecular weight is 609 g/mol. The maximum Gasteiger partial charge on any atom is 0.235 e. The van der Waals surface area contributed by atoms with Gasteiger partial charge < -0.3 is 4.40 Å². The summed E-state index contributed by atoms with van der Waals surface area (Å²) in [5, 5.41) is 13.4. The fourth-order valence-electron chi connectivity index (χ4n) is 8.63. The maximum atomic E-state index is 5.45. The molecule has 0 fully saturated rings. The summed E-state index contributed by atoms with van der Waals surface area (Å²) in [6.45, 7) is 0. The Morgan fingerprint density at radius 3 is 1.96 bits per heavy atom. The molecular formula is C44H24N4. The lowest BCUT2D eigenvalue weighted by Gasteiger charge is -2.14. The molecule has 0 saturated heterocycles. The lowest BCUT2D eigenvalue weighted by molar-refractivity contribution is 1.02. The Balaban J connectivity index is 1.36. The Hall–Kier alpha value is -6.52. The van der Waals surface area contributed by atoms with E-state index in [0.29, 0.717) is 5.95 Å². The Morgan fingerprint density at radius 1 is 0.375 bits per heavy atom. The number of nitrogens with zero attached hydrogens (tertiary/aromatic N) is 4. The molecule has 0 atom stereocenters. The topological polar surface area (TPSA) is 35.1 Å². The van der Waals surface area contributed by atoms with Crippen LogP contribution in [0.4, 0.5) is 0 Å². The van der Waals surface area contributed by atoms with Gasteiger partial charge in [-0.05, 0) is 46.5 Å². The van der Waals surface area contributed by atoms with Gasteiger partial charge in [-0.3, -0.25) is 4.57 Å². The fourth-order valence-corrected chi connectivity index (χ4v) is 8.63. The number of hydrogen-bond donors (Lipinski definition) is 0. The summed E-state index contributed by atoms with van der Waals surface area (Å²) in [6.07, 6.45) is 0. The number of benzene rings is 8. The average Bonchev–Trinajstić information content (AvgIpc) is 3.62. The third-order valence-corrected chi connectivity index (χ3v) is 10.6. The minimum Gasteiger partial charge on any atom is -0.308 e. The second kappa shape index (κ2) is 8.64. The van der Waals surface area contributed by atoms with Crippen LogP contribution in [-0.4, -0.2) is 18.9 Å². The van der Waals surface area contributed by atoms with Gasteiger partial charge in [-0.1, -0.05) is 115 Å². The van der Waals surface area contributed by atoms with Crippen molar-refractivity contribution in [3.05, 3.63) is 146 Å². The Bertz CT molecular complexity index is 3280. The van der Waals surface area contributed by atoms with Crippen molar-refractivity contribution in [2.75, 3.05) is 0 Å². The van der Waals surface area contributed by atoms with E-state index < -0.39 is 0 Å². The van der Waals surface area contributed by atoms with Gasteiger partial charge in [0.2, 0.25) is 5.95 Å². The molecule has 4 heteroatoms. The molecule has 0 N–H and O–H groups in total. The summed E-state index contributed by atoms with van der Waals surface area (Å²) in [6, 6.07) is 52.6. The summed E-state index contributed by atoms with van der Waals surface area (Å²) in [5.41, 5.74) is 8.89. The van der Waals surface area contributed by atoms with Crippen LogP contribution < -0.4 is 0 Å². The molecule has 4 nitrogen and oxygen atoms in total. The van der Waals surface area contributed by atoms with Gasteiger partial charge in [0.05, 0.1) is 38.8 Å². The fraction of sp³-hybridized carbons (Fsp3) is 0. The van der Waals surface area contributed by atoms with Crippen molar-refractivity contribution in [1.82, 2.24) is 18.9 Å². The first-order valence-electron chi connectivity index (χ1n) is 16.4. The van der Waals surface area contributed by atoms with E-state index in [1.165, 1.54) is 65.0 Å². The van der Waals surface area contributed by atoms with Gasteiger partial charge in [0, 0.05) is 48.7 Å². The van der Waals surface area contributed by atoms with Gasteiger partial charge in [0.1, 0.15) is 0 Å². The minimum atomic E-state index is 0.681. The molecule has 0 aliphatic heterocycles. The minimum absolute atomic E-state index is 0.681. The molecule has 8 aromatic carbocycles. The maximum absolute atomic E-state index is 5.45. The second-order valence-corrected chi connectivity index (χ2v) is 13.0. The second-order valence-electron chi connectivity index (χ2n) is 13.0. The normalized spacial score (nSPS) is 12.6. The molecule has 0 radical (unpaired) electrons. The molecule has 0 bridgehead atoms. The van der Waals surface area contributed by atoms with E-state index in [1.807, 2.05) is 0 Å². The van der Waals surface area contributed by atoms with Gasteiger partial charge in [0.15, 0.2) is 0 Å². The monoisotopic (exact) mass is 608 g/mol. The third kappa shape index (κ3) is 2.92. The van der Waals surface area contributed by atoms with Crippen molar-refractivity contribution in [1.29, 1.82) is 0 Å². The molecule has 0 amide bonds. The van der Waals surface area contributed by atoms with Gasteiger partial charge in [-0.25, -0.2) is 9.97 Å². The van der Waals surface area contributed by atoms with E-state index in [-0.39, 0.29) is 0 Å². The van der Waals surface area contributed by atoms with Crippen LogP contribution in [-0.2, 0) is 0 Å². The van der Waals surface area contributed by atoms with Crippen molar-refractivity contribution in [2.24, 2.45) is 0 Å². The molecule has 0 unspecified atom stereocenters. The summed E-state index contributed by atoms with van der Waals surface area (Å²) in [7, 11) is 0. The van der Waals surface area contributed by atoms with Crippen molar-refractivity contribution in [3.63, 3.8) is 0 Å². The first kappa shape index (κ1) is 24.7. The zero-order valence-corrected chi connectivity index (χ0v) is 25.6. The van der Waals surface area contributed by atoms with E-state index in [1.54, 1.807) is 0 Å². The Kier molecular flexibility index (Phi) is 4.44. The van der Waals surface area contributed by atoms with Gasteiger partial charge in [-0.15, -0.1) is 0 Å². The van der Waals surface area contributed by atoms with E-state index in [0.717, 1.165) is 38.6 Å². The van der Waals surface area contributed by atoms with Crippen LogP contribution in [0.15, 0.2) is 146 Å². The SMILES string of the molecule is c1ccc(-c2nc(-n3c4ccc5ccc6cccc7c6c5c4c4c3ccc3c5ccccc5n7c34)nc3c2ccc2ccccc23)cc1. The zero-order chi connectivity index (χ0) is 31.1. The summed E-state index contributed by atoms with van der Waals surface area (Å²) in [4.78, 5) is 10.9. The summed E-state index contributed by atoms with van der Waals surface area (Å²) in [5.74, 6) is 0.681. The van der Waals surface area contributed by atoms with E-state index in [9.17, 15) is 0 Å². The van der Waals surface area contributed by atoms with E-state index >= 15 is 0 Å². The molecule has 0 aliphatic rings. The van der Waals surface area contributed by atoms with Gasteiger partial charge in [0.25, 0.3) is 0 Å². The molecule has 0 saturated carbocycles. The lowest BCUT2D eigenvalue weighted by atomic mass is 9.97. The van der Waals surface area contributed by atoms with Crippen molar-refractivity contribution in [3.8, 4) is 17.2 Å². The first-order valence-corrected chi connectivity index (χ1v) is 16.4. The first-order chi connectivity index (χ1) is 23.8. The smallest absolute Gasteiger partial charge is 0.235 e. The summed E-state index contributed by atoms with van der Waals surface area (Å²) >= 11 is 0. The van der Waals surface area contributed by atoms with Crippen molar-refractivity contribution < 1.29 is 0 Å². The number of para-hydroxylation sites is 1. The molecule has 12 rings (SSSR count). The van der Waals surface area contributed by atoms with E-state index in [2.05, 4.69) is 155 Å². The Labute approximate surface area is 273 Å². The molecule has 0 spiro atoms. The predicted molar refractivity (Wildman–Crippen MR) is 200 cm³/mol. The number of rotatable bonds is 2. The molecule has 4 aromatic heterocycles. The van der Waals surface area contributed by atoms with Crippen LogP contribution in [0.5, 0.6) is 0 Å². The molecular weight excluding hydrogens is 585 g/mol. The molecule has 220 valence electrons. The third-order valence-electron chi connectivity index (χ3n) is 10.6. The highest BCUT2D eigenvalue weighted by Crippen LogP contribution is 2.47. The van der Waals surface area contributed by atoms with Gasteiger partial charge in [-0.2, -0.15) is 0 Å². The van der Waals surface area contributed by atoms with Crippen molar-refractivity contribution >= 4 is 92.3 Å². The van der Waals surface area contributed by atoms with Crippen LogP contribution in [0.2, 0.25) is 0 Å². The predicted octanol–water partition coefficient (Wildman–Crippen LogP) is 11.3. The van der Waals surface area contributed by atoms with Crippen LogP contribution in [0.3, 0.4) is 0 Å². The molecule has 0 aliphatic carbocycles. The lowest BCUT2D eigenvalue weighted by Crippen LogP contribution is -2.04. The summed E-state index contributed by atoms with van der Waals surface area (Å²) < 4.78 is 4.81. The van der Waals surface area contributed by atoms with Crippen LogP contribution in [0.1, 0.15) is 0 Å². The van der Waals surface area contributed by atoms with Crippen molar-refractivity contribution in [2.45, 2.75) is 0 Å². The highest BCUT2D eigenvalue weighted by Gasteiger charge is 2.26. The number of hydrogen-bond acceptors (Lipinski definition) is 2. The van der Waals surface area contributed by atoms with Crippen LogP contribution >= 0.6 is 0 Å². The highest BCUT2D eigenvalue weighted by atomic mass is 15.2. The quantitative estimate of drug-likeness (QED) is 0.183. The standard InChI is InChI=1S/C44H24N4/c1-2-10-28(11-3-1)41-32-21-19-25-9-4-5-13-29(25)42(32)46-44(45-41)48-35-23-20-27-18-17-26-12-8-16-34-37(26)38(27)39(35)40-36(48)24-22-31-30-14-6-7-15-33(30)47(34)43(31)40/h1-24H. The van der Waals surface area contributed by atoms with Gasteiger partial charge >= 0.3 is 0 Å². The van der Waals surface area contributed by atoms with Crippen LogP contribution in [0, 0.1) is 0 Å². The zero-order valence-electron chi connectivity index (χ0n) is 25.6. The number of aromatic nitrogens is 4. The largest absolute Gasteiger partial charge is 0.308 e. The Morgan fingerprint density at radius 2 is 1.04 bits per heavy atom. The molecule has 12 aromatic rings.